The zero-order valence-corrected chi connectivity index (χ0v) is 8.14. The largest absolute Gasteiger partial charge is 0.494 e. The SMILES string of the molecule is N#CC(C(=O)O)c1c(O)[nH]c2ccccc12. The van der Waals surface area contributed by atoms with Crippen molar-refractivity contribution in [2.75, 3.05) is 0 Å². The first-order valence-electron chi connectivity index (χ1n) is 4.57. The van der Waals surface area contributed by atoms with E-state index in [1.54, 1.807) is 30.3 Å². The van der Waals surface area contributed by atoms with Gasteiger partial charge in [-0.2, -0.15) is 5.26 Å². The Morgan fingerprint density at radius 2 is 2.12 bits per heavy atom. The topological polar surface area (TPSA) is 97.1 Å². The molecule has 5 heteroatoms. The van der Waals surface area contributed by atoms with E-state index in [0.717, 1.165) is 0 Å². The summed E-state index contributed by atoms with van der Waals surface area (Å²) in [6, 6.07) is 8.49. The summed E-state index contributed by atoms with van der Waals surface area (Å²) in [6.45, 7) is 0. The second-order valence-corrected chi connectivity index (χ2v) is 3.33. The van der Waals surface area contributed by atoms with Crippen LogP contribution in [-0.2, 0) is 4.79 Å². The summed E-state index contributed by atoms with van der Waals surface area (Å²) in [7, 11) is 0. The zero-order chi connectivity index (χ0) is 11.7. The first-order chi connectivity index (χ1) is 7.65. The highest BCUT2D eigenvalue weighted by Crippen LogP contribution is 2.33. The van der Waals surface area contributed by atoms with Crippen LogP contribution in [0.3, 0.4) is 0 Å². The molecule has 2 aromatic rings. The smallest absolute Gasteiger partial charge is 0.325 e. The molecule has 1 unspecified atom stereocenters. The van der Waals surface area contributed by atoms with Crippen molar-refractivity contribution < 1.29 is 15.0 Å². The molecule has 0 spiro atoms. The van der Waals surface area contributed by atoms with Crippen molar-refractivity contribution in [1.82, 2.24) is 4.98 Å². The molecule has 0 aliphatic carbocycles. The Bertz CT molecular complexity index is 595. The van der Waals surface area contributed by atoms with Gasteiger partial charge in [0.25, 0.3) is 0 Å². The number of para-hydroxylation sites is 1. The molecule has 0 saturated heterocycles. The molecule has 5 nitrogen and oxygen atoms in total. The maximum Gasteiger partial charge on any atom is 0.325 e. The van der Waals surface area contributed by atoms with Gasteiger partial charge in [0.05, 0.1) is 6.07 Å². The Morgan fingerprint density at radius 3 is 2.75 bits per heavy atom. The minimum Gasteiger partial charge on any atom is -0.494 e. The molecule has 16 heavy (non-hydrogen) atoms. The predicted molar refractivity (Wildman–Crippen MR) is 56.0 cm³/mol. The van der Waals surface area contributed by atoms with Gasteiger partial charge in [-0.1, -0.05) is 18.2 Å². The van der Waals surface area contributed by atoms with Crippen LogP contribution in [0.5, 0.6) is 5.88 Å². The first kappa shape index (κ1) is 10.1. The van der Waals surface area contributed by atoms with Crippen LogP contribution >= 0.6 is 0 Å². The Balaban J connectivity index is 2.73. The van der Waals surface area contributed by atoms with Crippen molar-refractivity contribution in [3.05, 3.63) is 29.8 Å². The minimum absolute atomic E-state index is 0.116. The normalized spacial score (nSPS) is 12.2. The lowest BCUT2D eigenvalue weighted by molar-refractivity contribution is -0.137. The monoisotopic (exact) mass is 216 g/mol. The molecule has 1 heterocycles. The average Bonchev–Trinajstić information content (AvgIpc) is 2.57. The lowest BCUT2D eigenvalue weighted by Crippen LogP contribution is -2.08. The van der Waals surface area contributed by atoms with Gasteiger partial charge in [0, 0.05) is 16.5 Å². The van der Waals surface area contributed by atoms with Gasteiger partial charge in [-0.25, -0.2) is 0 Å². The quantitative estimate of drug-likeness (QED) is 0.709. The van der Waals surface area contributed by atoms with Gasteiger partial charge in [-0.3, -0.25) is 4.79 Å². The van der Waals surface area contributed by atoms with Gasteiger partial charge in [0.15, 0.2) is 11.8 Å². The molecular formula is C11H8N2O3. The summed E-state index contributed by atoms with van der Waals surface area (Å²) in [6.07, 6.45) is 0. The van der Waals surface area contributed by atoms with Crippen molar-refractivity contribution >= 4 is 16.9 Å². The number of aliphatic carboxylic acids is 1. The number of rotatable bonds is 2. The van der Waals surface area contributed by atoms with Crippen LogP contribution in [0.1, 0.15) is 11.5 Å². The fourth-order valence-electron chi connectivity index (χ4n) is 1.68. The van der Waals surface area contributed by atoms with Crippen molar-refractivity contribution in [1.29, 1.82) is 5.26 Å². The Kier molecular flexibility index (Phi) is 2.25. The molecule has 2 rings (SSSR count). The maximum absolute atomic E-state index is 10.9. The molecule has 1 atom stereocenters. The molecule has 0 aliphatic heterocycles. The van der Waals surface area contributed by atoms with E-state index in [0.29, 0.717) is 10.9 Å². The number of nitrogens with one attached hydrogen (secondary N) is 1. The molecule has 1 aromatic carbocycles. The molecule has 0 bridgehead atoms. The van der Waals surface area contributed by atoms with E-state index >= 15 is 0 Å². The molecule has 0 amide bonds. The van der Waals surface area contributed by atoms with Crippen molar-refractivity contribution in [3.8, 4) is 11.9 Å². The predicted octanol–water partition coefficient (Wildman–Crippen LogP) is 1.57. The van der Waals surface area contributed by atoms with Crippen LogP contribution in [0, 0.1) is 11.3 Å². The summed E-state index contributed by atoms with van der Waals surface area (Å²) in [5, 5.41) is 27.8. The number of aromatic nitrogens is 1. The third kappa shape index (κ3) is 1.37. The standard InChI is InChI=1S/C11H8N2O3/c12-5-7(11(15)16)9-6-3-1-2-4-8(6)13-10(9)14/h1-4,7,13-14H,(H,15,16). The maximum atomic E-state index is 10.9. The van der Waals surface area contributed by atoms with E-state index in [2.05, 4.69) is 4.98 Å². The Labute approximate surface area is 90.6 Å². The van der Waals surface area contributed by atoms with Crippen LogP contribution in [0.15, 0.2) is 24.3 Å². The second-order valence-electron chi connectivity index (χ2n) is 3.33. The zero-order valence-electron chi connectivity index (χ0n) is 8.14. The minimum atomic E-state index is -1.36. The van der Waals surface area contributed by atoms with Crippen molar-refractivity contribution in [3.63, 3.8) is 0 Å². The molecule has 80 valence electrons. The van der Waals surface area contributed by atoms with Gasteiger partial charge in [0.2, 0.25) is 0 Å². The van der Waals surface area contributed by atoms with Crippen LogP contribution in [0.25, 0.3) is 10.9 Å². The van der Waals surface area contributed by atoms with Gasteiger partial charge >= 0.3 is 5.97 Å². The van der Waals surface area contributed by atoms with E-state index in [1.807, 2.05) is 0 Å². The summed E-state index contributed by atoms with van der Waals surface area (Å²) in [4.78, 5) is 13.5. The fourth-order valence-corrected chi connectivity index (χ4v) is 1.68. The molecule has 3 N–H and O–H groups in total. The van der Waals surface area contributed by atoms with Crippen LogP contribution in [0.4, 0.5) is 0 Å². The van der Waals surface area contributed by atoms with E-state index in [4.69, 9.17) is 10.4 Å². The lowest BCUT2D eigenvalue weighted by Gasteiger charge is -2.02. The number of carbonyl (C=O) groups is 1. The number of hydrogen-bond donors (Lipinski definition) is 3. The van der Waals surface area contributed by atoms with E-state index in [1.165, 1.54) is 0 Å². The highest BCUT2D eigenvalue weighted by Gasteiger charge is 2.26. The summed E-state index contributed by atoms with van der Waals surface area (Å²) in [5.41, 5.74) is 0.724. The number of carboxylic acids is 1. The number of aromatic amines is 1. The summed E-state index contributed by atoms with van der Waals surface area (Å²) >= 11 is 0. The van der Waals surface area contributed by atoms with E-state index in [9.17, 15) is 9.90 Å². The number of carboxylic acid groups (broad SMARTS) is 1. The van der Waals surface area contributed by atoms with Gasteiger partial charge in [-0.05, 0) is 6.07 Å². The van der Waals surface area contributed by atoms with E-state index in [-0.39, 0.29) is 11.4 Å². The summed E-state index contributed by atoms with van der Waals surface area (Å²) < 4.78 is 0. The lowest BCUT2D eigenvalue weighted by atomic mass is 10.00. The van der Waals surface area contributed by atoms with Gasteiger partial charge < -0.3 is 15.2 Å². The third-order valence-electron chi connectivity index (χ3n) is 2.39. The van der Waals surface area contributed by atoms with Crippen molar-refractivity contribution in [2.24, 2.45) is 0 Å². The number of benzene rings is 1. The van der Waals surface area contributed by atoms with Crippen LogP contribution in [-0.4, -0.2) is 21.2 Å². The Morgan fingerprint density at radius 1 is 1.44 bits per heavy atom. The van der Waals surface area contributed by atoms with E-state index < -0.39 is 11.9 Å². The Hall–Kier alpha value is -2.48. The van der Waals surface area contributed by atoms with Crippen molar-refractivity contribution in [2.45, 2.75) is 5.92 Å². The van der Waals surface area contributed by atoms with Gasteiger partial charge in [-0.15, -0.1) is 0 Å². The number of nitrogens with zero attached hydrogens (tertiary/aromatic N) is 1. The molecule has 0 aliphatic rings. The van der Waals surface area contributed by atoms with Crippen LogP contribution < -0.4 is 0 Å². The number of nitriles is 1. The molecule has 0 radical (unpaired) electrons. The number of aromatic hydroxyl groups is 1. The highest BCUT2D eigenvalue weighted by atomic mass is 16.4. The molecule has 1 aromatic heterocycles. The molecular weight excluding hydrogens is 208 g/mol. The highest BCUT2D eigenvalue weighted by molar-refractivity contribution is 5.93. The number of fused-ring (bicyclic) bond motifs is 1. The number of H-pyrrole nitrogens is 1. The average molecular weight is 216 g/mol. The molecule has 0 saturated carbocycles. The van der Waals surface area contributed by atoms with Crippen LogP contribution in [0.2, 0.25) is 0 Å². The summed E-state index contributed by atoms with van der Waals surface area (Å²) in [5.74, 6) is -2.91. The van der Waals surface area contributed by atoms with Gasteiger partial charge in [0.1, 0.15) is 0 Å². The fraction of sp³-hybridized carbons (Fsp3) is 0.0909. The first-order valence-corrected chi connectivity index (χ1v) is 4.57. The molecule has 0 fully saturated rings. The number of hydrogen-bond acceptors (Lipinski definition) is 3. The second kappa shape index (κ2) is 3.59. The third-order valence-corrected chi connectivity index (χ3v) is 2.39.